The minimum atomic E-state index is -3.51. The largest absolute Gasteiger partial charge is 0.457 e. The zero-order valence-electron chi connectivity index (χ0n) is 14.9. The first-order valence-corrected chi connectivity index (χ1v) is 10.0. The Morgan fingerprint density at radius 1 is 1.12 bits per heavy atom. The number of aryl methyl sites for hydroxylation is 1. The van der Waals surface area contributed by atoms with Crippen LogP contribution in [0.5, 0.6) is 11.5 Å². The summed E-state index contributed by atoms with van der Waals surface area (Å²) < 4.78 is 33.7. The van der Waals surface area contributed by atoms with E-state index in [1.54, 1.807) is 24.3 Å². The number of halogens is 1. The summed E-state index contributed by atoms with van der Waals surface area (Å²) in [4.78, 5) is 0.260. The molecule has 1 saturated heterocycles. The summed E-state index contributed by atoms with van der Waals surface area (Å²) >= 11 is 0. The standard InChI is InChI=1S/C19H24N2O3S.ClH/c1-14-4-3-5-18(12-14)24-17-6-8-19(9-7-17)25(22,23)21-16-10-11-20-15(2)13-16;/h3-9,12,15-16,20-21H,10-11,13H2,1-2H3;1H. The van der Waals surface area contributed by atoms with E-state index >= 15 is 0 Å². The fraction of sp³-hybridized carbons (Fsp3) is 0.368. The molecule has 0 aromatic heterocycles. The molecule has 2 unspecified atom stereocenters. The lowest BCUT2D eigenvalue weighted by atomic mass is 10.0. The van der Waals surface area contributed by atoms with Gasteiger partial charge in [-0.1, -0.05) is 12.1 Å². The average Bonchev–Trinajstić information content (AvgIpc) is 2.55. The highest BCUT2D eigenvalue weighted by Gasteiger charge is 2.24. The third-order valence-electron chi connectivity index (χ3n) is 4.30. The third kappa shape index (κ3) is 5.45. The molecule has 1 aliphatic rings. The van der Waals surface area contributed by atoms with Gasteiger partial charge in [0.2, 0.25) is 10.0 Å². The lowest BCUT2D eigenvalue weighted by Gasteiger charge is -2.28. The van der Waals surface area contributed by atoms with E-state index in [4.69, 9.17) is 4.74 Å². The molecule has 0 aliphatic carbocycles. The van der Waals surface area contributed by atoms with Crippen LogP contribution in [0, 0.1) is 6.92 Å². The van der Waals surface area contributed by atoms with E-state index in [2.05, 4.69) is 17.0 Å². The second-order valence-corrected chi connectivity index (χ2v) is 8.30. The monoisotopic (exact) mass is 396 g/mol. The van der Waals surface area contributed by atoms with Gasteiger partial charge in [0.1, 0.15) is 11.5 Å². The fourth-order valence-corrected chi connectivity index (χ4v) is 4.31. The van der Waals surface area contributed by atoms with Crippen LogP contribution >= 0.6 is 12.4 Å². The molecule has 7 heteroatoms. The van der Waals surface area contributed by atoms with Crippen LogP contribution in [0.25, 0.3) is 0 Å². The van der Waals surface area contributed by atoms with Gasteiger partial charge < -0.3 is 10.1 Å². The fourth-order valence-electron chi connectivity index (χ4n) is 3.03. The van der Waals surface area contributed by atoms with E-state index < -0.39 is 10.0 Å². The molecule has 1 aliphatic heterocycles. The van der Waals surface area contributed by atoms with Crippen molar-refractivity contribution in [1.29, 1.82) is 0 Å². The first kappa shape index (κ1) is 20.7. The number of piperidine rings is 1. The van der Waals surface area contributed by atoms with Gasteiger partial charge in [0.15, 0.2) is 0 Å². The Hall–Kier alpha value is -1.60. The molecule has 1 heterocycles. The highest BCUT2D eigenvalue weighted by atomic mass is 35.5. The van der Waals surface area contributed by atoms with Crippen LogP contribution in [-0.4, -0.2) is 27.0 Å². The van der Waals surface area contributed by atoms with Crippen LogP contribution in [-0.2, 0) is 10.0 Å². The maximum absolute atomic E-state index is 12.5. The Morgan fingerprint density at radius 2 is 1.85 bits per heavy atom. The van der Waals surface area contributed by atoms with Gasteiger partial charge in [-0.3, -0.25) is 0 Å². The van der Waals surface area contributed by atoms with Crippen molar-refractivity contribution in [2.45, 2.75) is 43.7 Å². The van der Waals surface area contributed by atoms with Gasteiger partial charge in [0.25, 0.3) is 0 Å². The van der Waals surface area contributed by atoms with Gasteiger partial charge in [-0.25, -0.2) is 13.1 Å². The molecule has 2 aromatic carbocycles. The van der Waals surface area contributed by atoms with Crippen molar-refractivity contribution in [3.63, 3.8) is 0 Å². The smallest absolute Gasteiger partial charge is 0.240 e. The van der Waals surface area contributed by atoms with Crippen molar-refractivity contribution in [2.75, 3.05) is 6.54 Å². The van der Waals surface area contributed by atoms with Crippen molar-refractivity contribution in [3.8, 4) is 11.5 Å². The topological polar surface area (TPSA) is 67.4 Å². The third-order valence-corrected chi connectivity index (χ3v) is 5.84. The summed E-state index contributed by atoms with van der Waals surface area (Å²) in [5.41, 5.74) is 1.11. The summed E-state index contributed by atoms with van der Waals surface area (Å²) in [5, 5.41) is 3.32. The molecule has 2 N–H and O–H groups in total. The molecule has 0 bridgehead atoms. The summed E-state index contributed by atoms with van der Waals surface area (Å²) in [6.07, 6.45) is 1.60. The molecule has 5 nitrogen and oxygen atoms in total. The normalized spacial score (nSPS) is 20.2. The molecule has 0 radical (unpaired) electrons. The van der Waals surface area contributed by atoms with Crippen LogP contribution < -0.4 is 14.8 Å². The number of hydrogen-bond donors (Lipinski definition) is 2. The molecule has 0 spiro atoms. The SMILES string of the molecule is Cc1cccc(Oc2ccc(S(=O)(=O)NC3CCNC(C)C3)cc2)c1.Cl. The average molecular weight is 397 g/mol. The Kier molecular flexibility index (Phi) is 7.06. The van der Waals surface area contributed by atoms with Crippen molar-refractivity contribution >= 4 is 22.4 Å². The van der Waals surface area contributed by atoms with E-state index in [0.29, 0.717) is 11.8 Å². The maximum atomic E-state index is 12.5. The number of sulfonamides is 1. The quantitative estimate of drug-likeness (QED) is 0.809. The molecule has 2 aromatic rings. The molecule has 2 atom stereocenters. The van der Waals surface area contributed by atoms with E-state index in [-0.39, 0.29) is 23.3 Å². The van der Waals surface area contributed by atoms with Crippen LogP contribution in [0.3, 0.4) is 0 Å². The molecule has 1 fully saturated rings. The zero-order chi connectivity index (χ0) is 17.9. The Balaban J connectivity index is 0.00000243. The van der Waals surface area contributed by atoms with Crippen molar-refractivity contribution < 1.29 is 13.2 Å². The number of ether oxygens (including phenoxy) is 1. The zero-order valence-corrected chi connectivity index (χ0v) is 16.6. The highest BCUT2D eigenvalue weighted by Crippen LogP contribution is 2.24. The van der Waals surface area contributed by atoms with E-state index in [9.17, 15) is 8.42 Å². The van der Waals surface area contributed by atoms with Gasteiger partial charge in [0.05, 0.1) is 4.90 Å². The Bertz CT molecular complexity index is 825. The second kappa shape index (κ2) is 8.86. The second-order valence-electron chi connectivity index (χ2n) is 6.59. The Labute approximate surface area is 161 Å². The van der Waals surface area contributed by atoms with Crippen LogP contribution in [0.15, 0.2) is 53.4 Å². The molecule has 3 rings (SSSR count). The van der Waals surface area contributed by atoms with Crippen molar-refractivity contribution in [2.24, 2.45) is 0 Å². The number of nitrogens with one attached hydrogen (secondary N) is 2. The number of rotatable bonds is 5. The molecule has 0 saturated carbocycles. The summed E-state index contributed by atoms with van der Waals surface area (Å²) in [7, 11) is -3.51. The molecular formula is C19H25ClN2O3S. The van der Waals surface area contributed by atoms with Crippen LogP contribution in [0.4, 0.5) is 0 Å². The lowest BCUT2D eigenvalue weighted by molar-refractivity contribution is 0.361. The van der Waals surface area contributed by atoms with Gasteiger partial charge in [-0.05, 0) is 75.2 Å². The first-order valence-electron chi connectivity index (χ1n) is 8.53. The number of hydrogen-bond acceptors (Lipinski definition) is 4. The van der Waals surface area contributed by atoms with Gasteiger partial charge in [0, 0.05) is 12.1 Å². The first-order chi connectivity index (χ1) is 11.9. The van der Waals surface area contributed by atoms with Gasteiger partial charge >= 0.3 is 0 Å². The molecule has 0 amide bonds. The van der Waals surface area contributed by atoms with Crippen molar-refractivity contribution in [1.82, 2.24) is 10.0 Å². The van der Waals surface area contributed by atoms with E-state index in [1.165, 1.54) is 0 Å². The Morgan fingerprint density at radius 3 is 2.50 bits per heavy atom. The van der Waals surface area contributed by atoms with Gasteiger partial charge in [-0.2, -0.15) is 0 Å². The predicted octanol–water partition coefficient (Wildman–Crippen LogP) is 3.63. The minimum Gasteiger partial charge on any atom is -0.457 e. The molecular weight excluding hydrogens is 372 g/mol. The van der Waals surface area contributed by atoms with E-state index in [0.717, 1.165) is 30.7 Å². The molecule has 142 valence electrons. The van der Waals surface area contributed by atoms with Crippen molar-refractivity contribution in [3.05, 3.63) is 54.1 Å². The molecule has 26 heavy (non-hydrogen) atoms. The lowest BCUT2D eigenvalue weighted by Crippen LogP contribution is -2.46. The van der Waals surface area contributed by atoms with E-state index in [1.807, 2.05) is 31.2 Å². The highest BCUT2D eigenvalue weighted by molar-refractivity contribution is 7.89. The maximum Gasteiger partial charge on any atom is 0.240 e. The summed E-state index contributed by atoms with van der Waals surface area (Å²) in [5.74, 6) is 1.34. The van der Waals surface area contributed by atoms with Gasteiger partial charge in [-0.15, -0.1) is 12.4 Å². The van der Waals surface area contributed by atoms with Crippen LogP contribution in [0.2, 0.25) is 0 Å². The summed E-state index contributed by atoms with van der Waals surface area (Å²) in [6.45, 7) is 4.89. The minimum absolute atomic E-state index is 0. The van der Waals surface area contributed by atoms with Crippen LogP contribution in [0.1, 0.15) is 25.3 Å². The summed E-state index contributed by atoms with van der Waals surface area (Å²) in [6, 6.07) is 14.6. The predicted molar refractivity (Wildman–Crippen MR) is 106 cm³/mol. The number of benzene rings is 2.